The van der Waals surface area contributed by atoms with Gasteiger partial charge in [-0.2, -0.15) is 0 Å². The second-order valence-electron chi connectivity index (χ2n) is 5.82. The Balaban J connectivity index is 1.87. The molecule has 2 N–H and O–H groups in total. The first-order valence-electron chi connectivity index (χ1n) is 7.92. The number of piperidine rings is 1. The SMILES string of the molecule is CCCOc1cccc(C(=O)NCC2CCNCC2C)c1. The van der Waals surface area contributed by atoms with Gasteiger partial charge in [0.25, 0.3) is 5.91 Å². The summed E-state index contributed by atoms with van der Waals surface area (Å²) < 4.78 is 5.57. The minimum atomic E-state index is -0.0114. The zero-order valence-electron chi connectivity index (χ0n) is 13.0. The molecule has 0 aromatic heterocycles. The molecule has 1 fully saturated rings. The van der Waals surface area contributed by atoms with Crippen molar-refractivity contribution in [1.29, 1.82) is 0 Å². The first-order valence-corrected chi connectivity index (χ1v) is 7.92. The molecule has 21 heavy (non-hydrogen) atoms. The van der Waals surface area contributed by atoms with Crippen molar-refractivity contribution in [1.82, 2.24) is 10.6 Å². The van der Waals surface area contributed by atoms with Crippen molar-refractivity contribution in [3.05, 3.63) is 29.8 Å². The lowest BCUT2D eigenvalue weighted by Gasteiger charge is -2.29. The first kappa shape index (κ1) is 15.8. The van der Waals surface area contributed by atoms with Crippen LogP contribution in [0.3, 0.4) is 0 Å². The monoisotopic (exact) mass is 290 g/mol. The van der Waals surface area contributed by atoms with E-state index < -0.39 is 0 Å². The minimum absolute atomic E-state index is 0.0114. The highest BCUT2D eigenvalue weighted by molar-refractivity contribution is 5.94. The van der Waals surface area contributed by atoms with E-state index in [4.69, 9.17) is 4.74 Å². The lowest BCUT2D eigenvalue weighted by Crippen LogP contribution is -2.41. The largest absolute Gasteiger partial charge is 0.494 e. The van der Waals surface area contributed by atoms with E-state index >= 15 is 0 Å². The van der Waals surface area contributed by atoms with Gasteiger partial charge in [0.15, 0.2) is 0 Å². The summed E-state index contributed by atoms with van der Waals surface area (Å²) in [6.45, 7) is 7.82. The van der Waals surface area contributed by atoms with Crippen LogP contribution in [0.1, 0.15) is 37.0 Å². The van der Waals surface area contributed by atoms with Crippen molar-refractivity contribution < 1.29 is 9.53 Å². The van der Waals surface area contributed by atoms with E-state index in [1.54, 1.807) is 0 Å². The van der Waals surface area contributed by atoms with Crippen LogP contribution in [0, 0.1) is 11.8 Å². The summed E-state index contributed by atoms with van der Waals surface area (Å²) >= 11 is 0. The Bertz CT molecular complexity index is 462. The van der Waals surface area contributed by atoms with Crippen molar-refractivity contribution in [3.63, 3.8) is 0 Å². The van der Waals surface area contributed by atoms with E-state index in [2.05, 4.69) is 24.5 Å². The second kappa shape index (κ2) is 8.03. The molecule has 1 amide bonds. The number of amides is 1. The molecule has 1 heterocycles. The molecule has 1 aromatic rings. The van der Waals surface area contributed by atoms with Gasteiger partial charge >= 0.3 is 0 Å². The van der Waals surface area contributed by atoms with Crippen molar-refractivity contribution in [2.24, 2.45) is 11.8 Å². The number of benzene rings is 1. The van der Waals surface area contributed by atoms with Gasteiger partial charge in [0.1, 0.15) is 5.75 Å². The van der Waals surface area contributed by atoms with Gasteiger partial charge in [0.2, 0.25) is 0 Å². The zero-order chi connectivity index (χ0) is 15.1. The predicted octanol–water partition coefficient (Wildman–Crippen LogP) is 2.45. The molecule has 2 rings (SSSR count). The Kier molecular flexibility index (Phi) is 6.05. The smallest absolute Gasteiger partial charge is 0.251 e. The number of carbonyl (C=O) groups excluding carboxylic acids is 1. The van der Waals surface area contributed by atoms with Crippen molar-refractivity contribution in [3.8, 4) is 5.75 Å². The topological polar surface area (TPSA) is 50.4 Å². The van der Waals surface area contributed by atoms with E-state index in [1.165, 1.54) is 0 Å². The fraction of sp³-hybridized carbons (Fsp3) is 0.588. The molecule has 0 bridgehead atoms. The molecule has 1 aliphatic rings. The van der Waals surface area contributed by atoms with Gasteiger partial charge in [0, 0.05) is 12.1 Å². The van der Waals surface area contributed by atoms with E-state index in [1.807, 2.05) is 24.3 Å². The molecule has 0 saturated carbocycles. The highest BCUT2D eigenvalue weighted by Crippen LogP contribution is 2.18. The molecule has 1 aliphatic heterocycles. The Morgan fingerprint density at radius 3 is 3.10 bits per heavy atom. The Hall–Kier alpha value is -1.55. The fourth-order valence-corrected chi connectivity index (χ4v) is 2.64. The molecular formula is C17H26N2O2. The third-order valence-electron chi connectivity index (χ3n) is 4.06. The number of ether oxygens (including phenoxy) is 1. The van der Waals surface area contributed by atoms with Crippen LogP contribution < -0.4 is 15.4 Å². The molecule has 0 aliphatic carbocycles. The molecule has 4 nitrogen and oxygen atoms in total. The maximum atomic E-state index is 12.2. The Morgan fingerprint density at radius 2 is 2.33 bits per heavy atom. The molecular weight excluding hydrogens is 264 g/mol. The van der Waals surface area contributed by atoms with Gasteiger partial charge in [-0.25, -0.2) is 0 Å². The van der Waals surface area contributed by atoms with Gasteiger partial charge in [-0.1, -0.05) is 19.9 Å². The van der Waals surface area contributed by atoms with Crippen molar-refractivity contribution >= 4 is 5.91 Å². The van der Waals surface area contributed by atoms with Crippen LogP contribution in [0.5, 0.6) is 5.75 Å². The van der Waals surface area contributed by atoms with Crippen LogP contribution in [0.15, 0.2) is 24.3 Å². The summed E-state index contributed by atoms with van der Waals surface area (Å²) in [5.41, 5.74) is 0.671. The number of hydrogen-bond acceptors (Lipinski definition) is 3. The highest BCUT2D eigenvalue weighted by Gasteiger charge is 2.21. The van der Waals surface area contributed by atoms with Gasteiger partial charge in [-0.15, -0.1) is 0 Å². The molecule has 116 valence electrons. The van der Waals surface area contributed by atoms with E-state index in [0.717, 1.165) is 38.2 Å². The standard InChI is InChI=1S/C17H26N2O2/c1-3-9-21-16-6-4-5-14(10-16)17(20)19-12-15-7-8-18-11-13(15)2/h4-6,10,13,15,18H,3,7-9,11-12H2,1-2H3,(H,19,20). The van der Waals surface area contributed by atoms with E-state index in [0.29, 0.717) is 24.0 Å². The quantitative estimate of drug-likeness (QED) is 0.846. The van der Waals surface area contributed by atoms with Crippen LogP contribution in [0.4, 0.5) is 0 Å². The Labute approximate surface area is 127 Å². The number of nitrogens with one attached hydrogen (secondary N) is 2. The summed E-state index contributed by atoms with van der Waals surface area (Å²) in [5, 5.41) is 6.44. The third kappa shape index (κ3) is 4.74. The van der Waals surface area contributed by atoms with E-state index in [9.17, 15) is 4.79 Å². The average Bonchev–Trinajstić information content (AvgIpc) is 2.52. The maximum Gasteiger partial charge on any atom is 0.251 e. The summed E-state index contributed by atoms with van der Waals surface area (Å²) in [6, 6.07) is 7.41. The molecule has 2 atom stereocenters. The summed E-state index contributed by atoms with van der Waals surface area (Å²) in [5.74, 6) is 1.93. The van der Waals surface area contributed by atoms with Crippen LogP contribution in [0.25, 0.3) is 0 Å². The summed E-state index contributed by atoms with van der Waals surface area (Å²) in [7, 11) is 0. The first-order chi connectivity index (χ1) is 10.2. The second-order valence-corrected chi connectivity index (χ2v) is 5.82. The molecule has 4 heteroatoms. The normalized spacial score (nSPS) is 21.8. The van der Waals surface area contributed by atoms with E-state index in [-0.39, 0.29) is 5.91 Å². The van der Waals surface area contributed by atoms with Crippen molar-refractivity contribution in [2.75, 3.05) is 26.2 Å². The highest BCUT2D eigenvalue weighted by atomic mass is 16.5. The van der Waals surface area contributed by atoms with Gasteiger partial charge in [0.05, 0.1) is 6.61 Å². The number of rotatable bonds is 6. The Morgan fingerprint density at radius 1 is 1.48 bits per heavy atom. The molecule has 1 aromatic carbocycles. The molecule has 0 radical (unpaired) electrons. The van der Waals surface area contributed by atoms with Crippen molar-refractivity contribution in [2.45, 2.75) is 26.7 Å². The van der Waals surface area contributed by atoms with Crippen LogP contribution in [-0.2, 0) is 0 Å². The predicted molar refractivity (Wildman–Crippen MR) is 84.7 cm³/mol. The molecule has 2 unspecified atom stereocenters. The van der Waals surface area contributed by atoms with Crippen LogP contribution in [0.2, 0.25) is 0 Å². The fourth-order valence-electron chi connectivity index (χ4n) is 2.64. The average molecular weight is 290 g/mol. The summed E-state index contributed by atoms with van der Waals surface area (Å²) in [6.07, 6.45) is 2.09. The zero-order valence-corrected chi connectivity index (χ0v) is 13.0. The summed E-state index contributed by atoms with van der Waals surface area (Å²) in [4.78, 5) is 12.2. The molecule has 0 spiro atoms. The van der Waals surface area contributed by atoms with Crippen LogP contribution >= 0.6 is 0 Å². The van der Waals surface area contributed by atoms with Crippen LogP contribution in [-0.4, -0.2) is 32.1 Å². The van der Waals surface area contributed by atoms with Gasteiger partial charge < -0.3 is 15.4 Å². The maximum absolute atomic E-state index is 12.2. The number of carbonyl (C=O) groups is 1. The van der Waals surface area contributed by atoms with Gasteiger partial charge in [-0.3, -0.25) is 4.79 Å². The third-order valence-corrected chi connectivity index (χ3v) is 4.06. The lowest BCUT2D eigenvalue weighted by atomic mass is 9.88. The lowest BCUT2D eigenvalue weighted by molar-refractivity contribution is 0.0937. The molecule has 1 saturated heterocycles. The number of hydrogen-bond donors (Lipinski definition) is 2. The minimum Gasteiger partial charge on any atom is -0.494 e. The van der Waals surface area contributed by atoms with Gasteiger partial charge in [-0.05, 0) is 56.0 Å².